The van der Waals surface area contributed by atoms with Crippen LogP contribution in [0.5, 0.6) is 0 Å². The molecule has 3 atom stereocenters. The highest BCUT2D eigenvalue weighted by atomic mass is 16.3. The Labute approximate surface area is 123 Å². The van der Waals surface area contributed by atoms with E-state index in [0.717, 1.165) is 31.8 Å². The second-order valence-corrected chi connectivity index (χ2v) is 6.37. The van der Waals surface area contributed by atoms with E-state index >= 15 is 0 Å². The summed E-state index contributed by atoms with van der Waals surface area (Å²) in [6.45, 7) is 8.69. The van der Waals surface area contributed by atoms with E-state index in [1.807, 2.05) is 12.4 Å². The molecule has 0 bridgehead atoms. The Kier molecular flexibility index (Phi) is 5.55. The number of rotatable bonds is 5. The van der Waals surface area contributed by atoms with E-state index in [1.165, 1.54) is 12.0 Å². The minimum atomic E-state index is -0.174. The zero-order chi connectivity index (χ0) is 14.5. The Balaban J connectivity index is 2.05. The highest BCUT2D eigenvalue weighted by molar-refractivity contribution is 5.10. The molecule has 1 saturated carbocycles. The summed E-state index contributed by atoms with van der Waals surface area (Å²) in [5, 5.41) is 10.4. The average Bonchev–Trinajstić information content (AvgIpc) is 2.46. The van der Waals surface area contributed by atoms with Gasteiger partial charge in [0.2, 0.25) is 0 Å². The molecule has 0 aliphatic heterocycles. The van der Waals surface area contributed by atoms with E-state index in [0.29, 0.717) is 12.0 Å². The quantitative estimate of drug-likeness (QED) is 0.898. The maximum atomic E-state index is 10.4. The number of nitrogens with zero attached hydrogens (tertiary/aromatic N) is 2. The molecule has 1 aromatic heterocycles. The molecule has 1 aliphatic rings. The van der Waals surface area contributed by atoms with Gasteiger partial charge in [0, 0.05) is 25.0 Å². The van der Waals surface area contributed by atoms with Crippen molar-refractivity contribution >= 4 is 0 Å². The summed E-state index contributed by atoms with van der Waals surface area (Å²) in [6.07, 6.45) is 6.75. The van der Waals surface area contributed by atoms with Gasteiger partial charge in [0.15, 0.2) is 0 Å². The molecule has 112 valence electrons. The summed E-state index contributed by atoms with van der Waals surface area (Å²) < 4.78 is 0. The molecule has 3 unspecified atom stereocenters. The van der Waals surface area contributed by atoms with Gasteiger partial charge in [-0.2, -0.15) is 0 Å². The van der Waals surface area contributed by atoms with Gasteiger partial charge in [-0.15, -0.1) is 0 Å². The Hall–Kier alpha value is -0.930. The molecule has 1 N–H and O–H groups in total. The summed E-state index contributed by atoms with van der Waals surface area (Å²) in [7, 11) is 0. The van der Waals surface area contributed by atoms with E-state index in [1.54, 1.807) is 0 Å². The van der Waals surface area contributed by atoms with Crippen molar-refractivity contribution in [2.24, 2.45) is 11.8 Å². The molecule has 0 amide bonds. The second-order valence-electron chi connectivity index (χ2n) is 6.37. The van der Waals surface area contributed by atoms with E-state index in [-0.39, 0.29) is 6.10 Å². The zero-order valence-corrected chi connectivity index (χ0v) is 13.0. The molecule has 1 aromatic rings. The minimum absolute atomic E-state index is 0.174. The predicted octanol–water partition coefficient (Wildman–Crippen LogP) is 3.09. The smallest absolute Gasteiger partial charge is 0.0695 e. The SMILES string of the molecule is CCN(Cc1ccncc1)C1CC(C(C)C)CCC1O. The molecular formula is C17H28N2O. The van der Waals surface area contributed by atoms with Gasteiger partial charge in [-0.25, -0.2) is 0 Å². The average molecular weight is 276 g/mol. The van der Waals surface area contributed by atoms with Crippen molar-refractivity contribution in [1.82, 2.24) is 9.88 Å². The largest absolute Gasteiger partial charge is 0.391 e. The lowest BCUT2D eigenvalue weighted by Gasteiger charge is -2.41. The summed E-state index contributed by atoms with van der Waals surface area (Å²) in [5.41, 5.74) is 1.28. The fraction of sp³-hybridized carbons (Fsp3) is 0.706. The van der Waals surface area contributed by atoms with Crippen molar-refractivity contribution < 1.29 is 5.11 Å². The lowest BCUT2D eigenvalue weighted by Crippen LogP contribution is -2.47. The van der Waals surface area contributed by atoms with Crippen LogP contribution in [0, 0.1) is 11.8 Å². The van der Waals surface area contributed by atoms with Crippen LogP contribution < -0.4 is 0 Å². The number of hydrogen-bond donors (Lipinski definition) is 1. The van der Waals surface area contributed by atoms with Gasteiger partial charge in [-0.1, -0.05) is 20.8 Å². The maximum Gasteiger partial charge on any atom is 0.0695 e. The third kappa shape index (κ3) is 3.80. The molecule has 20 heavy (non-hydrogen) atoms. The monoisotopic (exact) mass is 276 g/mol. The first kappa shape index (κ1) is 15.5. The highest BCUT2D eigenvalue weighted by Crippen LogP contribution is 2.33. The molecular weight excluding hydrogens is 248 g/mol. The number of aromatic nitrogens is 1. The van der Waals surface area contributed by atoms with Crippen LogP contribution in [-0.2, 0) is 6.54 Å². The molecule has 3 heteroatoms. The van der Waals surface area contributed by atoms with Crippen molar-refractivity contribution in [1.29, 1.82) is 0 Å². The van der Waals surface area contributed by atoms with Gasteiger partial charge in [0.1, 0.15) is 0 Å². The number of pyridine rings is 1. The number of hydrogen-bond acceptors (Lipinski definition) is 3. The van der Waals surface area contributed by atoms with Crippen LogP contribution in [0.2, 0.25) is 0 Å². The van der Waals surface area contributed by atoms with E-state index < -0.39 is 0 Å². The summed E-state index contributed by atoms with van der Waals surface area (Å²) in [6, 6.07) is 4.43. The Bertz CT molecular complexity index is 393. The summed E-state index contributed by atoms with van der Waals surface area (Å²) in [5.74, 6) is 1.46. The normalized spacial score (nSPS) is 27.2. The van der Waals surface area contributed by atoms with Crippen LogP contribution in [-0.4, -0.2) is 33.7 Å². The van der Waals surface area contributed by atoms with E-state index in [9.17, 15) is 5.11 Å². The summed E-state index contributed by atoms with van der Waals surface area (Å²) in [4.78, 5) is 6.50. The van der Waals surface area contributed by atoms with Gasteiger partial charge < -0.3 is 5.11 Å². The third-order valence-electron chi connectivity index (χ3n) is 4.77. The molecule has 0 radical (unpaired) electrons. The molecule has 1 aliphatic carbocycles. The number of aliphatic hydroxyl groups is 1. The maximum absolute atomic E-state index is 10.4. The molecule has 2 rings (SSSR count). The second kappa shape index (κ2) is 7.19. The van der Waals surface area contributed by atoms with Crippen LogP contribution in [0.4, 0.5) is 0 Å². The standard InChI is InChI=1S/C17H28N2O/c1-4-19(12-14-7-9-18-10-8-14)16-11-15(13(2)3)5-6-17(16)20/h7-10,13,15-17,20H,4-6,11-12H2,1-3H3. The third-order valence-corrected chi connectivity index (χ3v) is 4.77. The molecule has 0 spiro atoms. The van der Waals surface area contributed by atoms with Crippen LogP contribution in [0.1, 0.15) is 45.6 Å². The Morgan fingerprint density at radius 3 is 2.60 bits per heavy atom. The van der Waals surface area contributed by atoms with Crippen LogP contribution in [0.15, 0.2) is 24.5 Å². The van der Waals surface area contributed by atoms with E-state index in [2.05, 4.69) is 42.8 Å². The van der Waals surface area contributed by atoms with Gasteiger partial charge in [-0.05, 0) is 55.3 Å². The lowest BCUT2D eigenvalue weighted by atomic mass is 9.77. The Morgan fingerprint density at radius 2 is 2.00 bits per heavy atom. The first-order valence-corrected chi connectivity index (χ1v) is 7.92. The molecule has 0 aromatic carbocycles. The molecule has 1 heterocycles. The minimum Gasteiger partial charge on any atom is -0.391 e. The van der Waals surface area contributed by atoms with E-state index in [4.69, 9.17) is 0 Å². The van der Waals surface area contributed by atoms with Crippen molar-refractivity contribution in [2.75, 3.05) is 6.54 Å². The Morgan fingerprint density at radius 1 is 1.30 bits per heavy atom. The van der Waals surface area contributed by atoms with Gasteiger partial charge in [0.25, 0.3) is 0 Å². The fourth-order valence-corrected chi connectivity index (χ4v) is 3.35. The van der Waals surface area contributed by atoms with Crippen LogP contribution in [0.25, 0.3) is 0 Å². The van der Waals surface area contributed by atoms with Crippen LogP contribution >= 0.6 is 0 Å². The zero-order valence-electron chi connectivity index (χ0n) is 13.0. The number of aliphatic hydroxyl groups excluding tert-OH is 1. The first-order chi connectivity index (χ1) is 9.61. The first-order valence-electron chi connectivity index (χ1n) is 7.92. The topological polar surface area (TPSA) is 36.4 Å². The van der Waals surface area contributed by atoms with Gasteiger partial charge in [-0.3, -0.25) is 9.88 Å². The van der Waals surface area contributed by atoms with Gasteiger partial charge in [0.05, 0.1) is 6.10 Å². The molecule has 1 fully saturated rings. The van der Waals surface area contributed by atoms with Crippen LogP contribution in [0.3, 0.4) is 0 Å². The fourth-order valence-electron chi connectivity index (χ4n) is 3.35. The van der Waals surface area contributed by atoms with Crippen molar-refractivity contribution in [2.45, 2.75) is 58.7 Å². The number of likely N-dealkylation sites (N-methyl/N-ethyl adjacent to an activating group) is 1. The predicted molar refractivity (Wildman–Crippen MR) is 82.3 cm³/mol. The summed E-state index contributed by atoms with van der Waals surface area (Å²) >= 11 is 0. The van der Waals surface area contributed by atoms with Crippen molar-refractivity contribution in [3.8, 4) is 0 Å². The highest BCUT2D eigenvalue weighted by Gasteiger charge is 2.33. The van der Waals surface area contributed by atoms with Gasteiger partial charge >= 0.3 is 0 Å². The van der Waals surface area contributed by atoms with Crippen molar-refractivity contribution in [3.63, 3.8) is 0 Å². The molecule has 3 nitrogen and oxygen atoms in total. The molecule has 0 saturated heterocycles. The lowest BCUT2D eigenvalue weighted by molar-refractivity contribution is -0.00600. The van der Waals surface area contributed by atoms with Crippen molar-refractivity contribution in [3.05, 3.63) is 30.1 Å².